The van der Waals surface area contributed by atoms with Crippen LogP contribution in [0.1, 0.15) is 35.8 Å². The first kappa shape index (κ1) is 19.2. The van der Waals surface area contributed by atoms with Crippen molar-refractivity contribution in [3.8, 4) is 0 Å². The van der Waals surface area contributed by atoms with Crippen molar-refractivity contribution in [2.24, 2.45) is 0 Å². The molecule has 0 bridgehead atoms. The summed E-state index contributed by atoms with van der Waals surface area (Å²) in [5.74, 6) is 0.897. The molecule has 1 unspecified atom stereocenters. The second-order valence-corrected chi connectivity index (χ2v) is 7.65. The van der Waals surface area contributed by atoms with Crippen LogP contribution in [0.2, 0.25) is 0 Å². The van der Waals surface area contributed by atoms with Crippen LogP contribution in [0.25, 0.3) is 0 Å². The van der Waals surface area contributed by atoms with Gasteiger partial charge in [0, 0.05) is 45.0 Å². The molecule has 0 radical (unpaired) electrons. The largest absolute Gasteiger partial charge is 0.379 e. The fourth-order valence-corrected chi connectivity index (χ4v) is 4.13. The maximum atomic E-state index is 5.40. The van der Waals surface area contributed by atoms with Gasteiger partial charge in [0.05, 0.1) is 30.6 Å². The van der Waals surface area contributed by atoms with Crippen molar-refractivity contribution in [2.45, 2.75) is 31.8 Å². The predicted molar refractivity (Wildman–Crippen MR) is 109 cm³/mol. The molecule has 0 spiro atoms. The molecule has 150 valence electrons. The van der Waals surface area contributed by atoms with Gasteiger partial charge in [-0.2, -0.15) is 0 Å². The van der Waals surface area contributed by atoms with Gasteiger partial charge in [-0.1, -0.05) is 6.07 Å². The smallest absolute Gasteiger partial charge is 0.129 e. The van der Waals surface area contributed by atoms with Gasteiger partial charge >= 0.3 is 0 Å². The number of aromatic nitrogens is 3. The second kappa shape index (κ2) is 9.41. The minimum absolute atomic E-state index is 0.359. The Morgan fingerprint density at radius 3 is 3.04 bits per heavy atom. The van der Waals surface area contributed by atoms with E-state index in [2.05, 4.69) is 49.2 Å². The summed E-state index contributed by atoms with van der Waals surface area (Å²) in [4.78, 5) is 18.3. The highest BCUT2D eigenvalue weighted by atomic mass is 16.5. The van der Waals surface area contributed by atoms with Crippen molar-refractivity contribution < 1.29 is 4.74 Å². The molecule has 2 aliphatic rings. The maximum Gasteiger partial charge on any atom is 0.129 e. The van der Waals surface area contributed by atoms with Gasteiger partial charge < -0.3 is 10.1 Å². The topological polar surface area (TPSA) is 66.4 Å². The minimum atomic E-state index is 0.359. The first-order valence-corrected chi connectivity index (χ1v) is 10.3. The number of pyridine rings is 1. The third-order valence-corrected chi connectivity index (χ3v) is 5.67. The Labute approximate surface area is 167 Å². The molecule has 1 fully saturated rings. The van der Waals surface area contributed by atoms with Crippen LogP contribution in [-0.2, 0) is 17.7 Å². The normalized spacial score (nSPS) is 20.1. The molecule has 28 heavy (non-hydrogen) atoms. The van der Waals surface area contributed by atoms with Crippen LogP contribution < -0.4 is 5.32 Å². The van der Waals surface area contributed by atoms with Gasteiger partial charge in [-0.05, 0) is 37.9 Å². The molecule has 4 rings (SSSR count). The maximum absolute atomic E-state index is 5.40. The lowest BCUT2D eigenvalue weighted by Gasteiger charge is -2.32. The lowest BCUT2D eigenvalue weighted by molar-refractivity contribution is 0.0398. The highest BCUT2D eigenvalue weighted by Gasteiger charge is 2.25. The molecule has 3 heterocycles. The highest BCUT2D eigenvalue weighted by Crippen LogP contribution is 2.32. The number of ether oxygens (including phenoxy) is 1. The number of nitrogens with zero attached hydrogens (tertiary/aromatic N) is 5. The van der Waals surface area contributed by atoms with Gasteiger partial charge in [-0.15, -0.1) is 0 Å². The van der Waals surface area contributed by atoms with E-state index in [1.54, 1.807) is 6.33 Å². The van der Waals surface area contributed by atoms with Gasteiger partial charge in [0.25, 0.3) is 0 Å². The SMILES string of the molecule is CN(Cc1cc(NCCN2CCOCC2)ncn1)C1CCCc2cccnc21. The number of hydrogen-bond acceptors (Lipinski definition) is 7. The van der Waals surface area contributed by atoms with E-state index < -0.39 is 0 Å². The molecule has 7 heteroatoms. The second-order valence-electron chi connectivity index (χ2n) is 7.65. The highest BCUT2D eigenvalue weighted by molar-refractivity contribution is 5.35. The summed E-state index contributed by atoms with van der Waals surface area (Å²) in [5.41, 5.74) is 3.65. The number of morpholine rings is 1. The van der Waals surface area contributed by atoms with Crippen molar-refractivity contribution in [3.63, 3.8) is 0 Å². The van der Waals surface area contributed by atoms with Crippen LogP contribution in [0.4, 0.5) is 5.82 Å². The minimum Gasteiger partial charge on any atom is -0.379 e. The lowest BCUT2D eigenvalue weighted by atomic mass is 9.91. The van der Waals surface area contributed by atoms with E-state index in [0.29, 0.717) is 6.04 Å². The predicted octanol–water partition coefficient (Wildman–Crippen LogP) is 2.13. The first-order valence-electron chi connectivity index (χ1n) is 10.3. The van der Waals surface area contributed by atoms with Gasteiger partial charge in [-0.25, -0.2) is 9.97 Å². The summed E-state index contributed by atoms with van der Waals surface area (Å²) in [6, 6.07) is 6.68. The summed E-state index contributed by atoms with van der Waals surface area (Å²) in [7, 11) is 2.17. The number of rotatable bonds is 7. The molecule has 7 nitrogen and oxygen atoms in total. The molecule has 1 aliphatic heterocycles. The van der Waals surface area contributed by atoms with Crippen molar-refractivity contribution in [2.75, 3.05) is 51.8 Å². The molecule has 1 aliphatic carbocycles. The summed E-state index contributed by atoms with van der Waals surface area (Å²) in [6.45, 7) is 6.38. The quantitative estimate of drug-likeness (QED) is 0.787. The summed E-state index contributed by atoms with van der Waals surface area (Å²) >= 11 is 0. The molecule has 2 aromatic heterocycles. The van der Waals surface area contributed by atoms with Gasteiger partial charge in [0.1, 0.15) is 12.1 Å². The Morgan fingerprint density at radius 2 is 2.14 bits per heavy atom. The van der Waals surface area contributed by atoms with Crippen LogP contribution >= 0.6 is 0 Å². The van der Waals surface area contributed by atoms with E-state index in [1.165, 1.54) is 17.7 Å². The van der Waals surface area contributed by atoms with Crippen LogP contribution in [0.15, 0.2) is 30.7 Å². The Hall–Kier alpha value is -2.09. The fourth-order valence-electron chi connectivity index (χ4n) is 4.13. The molecule has 0 amide bonds. The molecule has 1 saturated heterocycles. The summed E-state index contributed by atoms with van der Waals surface area (Å²) in [5, 5.41) is 3.44. The molecular weight excluding hydrogens is 352 g/mol. The third-order valence-electron chi connectivity index (χ3n) is 5.67. The van der Waals surface area contributed by atoms with E-state index in [0.717, 1.165) is 70.3 Å². The Morgan fingerprint density at radius 1 is 1.25 bits per heavy atom. The Balaban J connectivity index is 1.33. The van der Waals surface area contributed by atoms with Crippen molar-refractivity contribution in [1.82, 2.24) is 24.8 Å². The summed E-state index contributed by atoms with van der Waals surface area (Å²) in [6.07, 6.45) is 7.07. The number of anilines is 1. The monoisotopic (exact) mass is 382 g/mol. The van der Waals surface area contributed by atoms with Gasteiger partial charge in [0.15, 0.2) is 0 Å². The average molecular weight is 383 g/mol. The number of nitrogens with one attached hydrogen (secondary N) is 1. The third kappa shape index (κ3) is 4.84. The number of fused-ring (bicyclic) bond motifs is 1. The van der Waals surface area contributed by atoms with Crippen LogP contribution in [0.3, 0.4) is 0 Å². The number of hydrogen-bond donors (Lipinski definition) is 1. The van der Waals surface area contributed by atoms with E-state index in [9.17, 15) is 0 Å². The van der Waals surface area contributed by atoms with E-state index in [1.807, 2.05) is 12.3 Å². The standard InChI is InChI=1S/C21H30N6O/c1-26(19-6-2-4-17-5-3-7-23-21(17)19)15-18-14-20(25-16-24-18)22-8-9-27-10-12-28-13-11-27/h3,5,7,14,16,19H,2,4,6,8-13,15H2,1H3,(H,22,24,25). The average Bonchev–Trinajstić information content (AvgIpc) is 2.74. The molecule has 1 N–H and O–H groups in total. The fraction of sp³-hybridized carbons (Fsp3) is 0.571. The van der Waals surface area contributed by atoms with Crippen molar-refractivity contribution >= 4 is 5.82 Å². The van der Waals surface area contributed by atoms with Crippen LogP contribution in [0.5, 0.6) is 0 Å². The Kier molecular flexibility index (Phi) is 6.46. The zero-order valence-electron chi connectivity index (χ0n) is 16.7. The zero-order valence-corrected chi connectivity index (χ0v) is 16.7. The van der Waals surface area contributed by atoms with E-state index >= 15 is 0 Å². The van der Waals surface area contributed by atoms with Crippen LogP contribution in [0, 0.1) is 0 Å². The number of aryl methyl sites for hydroxylation is 1. The van der Waals surface area contributed by atoms with Crippen molar-refractivity contribution in [1.29, 1.82) is 0 Å². The van der Waals surface area contributed by atoms with E-state index in [4.69, 9.17) is 4.74 Å². The molecule has 0 saturated carbocycles. The van der Waals surface area contributed by atoms with Gasteiger partial charge in [-0.3, -0.25) is 14.8 Å². The van der Waals surface area contributed by atoms with E-state index in [-0.39, 0.29) is 0 Å². The first-order chi connectivity index (χ1) is 13.8. The zero-order chi connectivity index (χ0) is 19.2. The van der Waals surface area contributed by atoms with Crippen molar-refractivity contribution in [3.05, 3.63) is 47.7 Å². The van der Waals surface area contributed by atoms with Crippen LogP contribution in [-0.4, -0.2) is 71.2 Å². The molecule has 2 aromatic rings. The summed E-state index contributed by atoms with van der Waals surface area (Å²) < 4.78 is 5.40. The molecular formula is C21H30N6O. The molecule has 0 aromatic carbocycles. The molecule has 1 atom stereocenters. The lowest BCUT2D eigenvalue weighted by Crippen LogP contribution is -2.39. The Bertz CT molecular complexity index is 764. The van der Waals surface area contributed by atoms with Gasteiger partial charge in [0.2, 0.25) is 0 Å².